The molecule has 0 saturated heterocycles. The second-order valence-corrected chi connectivity index (χ2v) is 7.21. The molecule has 1 heterocycles. The van der Waals surface area contributed by atoms with E-state index in [0.717, 1.165) is 0 Å². The predicted molar refractivity (Wildman–Crippen MR) is 93.5 cm³/mol. The van der Waals surface area contributed by atoms with Gasteiger partial charge in [0.1, 0.15) is 10.6 Å². The summed E-state index contributed by atoms with van der Waals surface area (Å²) in [4.78, 5) is 8.07. The van der Waals surface area contributed by atoms with Crippen LogP contribution in [0.5, 0.6) is 11.6 Å². The summed E-state index contributed by atoms with van der Waals surface area (Å²) in [5.74, 6) is 0.770. The van der Waals surface area contributed by atoms with E-state index in [1.807, 2.05) is 0 Å². The maximum Gasteiger partial charge on any atom is 0.263 e. The van der Waals surface area contributed by atoms with Crippen molar-refractivity contribution in [2.45, 2.75) is 4.90 Å². The standard InChI is InChI=1S/C16H12BrN3O3S/c17-14-6-1-2-7-15(14)24(21,22)20-12-4-3-5-13(10-12)23-16-11-18-8-9-19-16/h1-11,20H. The third-order valence-corrected chi connectivity index (χ3v) is 5.37. The van der Waals surface area contributed by atoms with Gasteiger partial charge >= 0.3 is 0 Å². The Bertz CT molecular complexity index is 950. The molecule has 24 heavy (non-hydrogen) atoms. The lowest BCUT2D eigenvalue weighted by atomic mass is 10.3. The lowest BCUT2D eigenvalue weighted by Gasteiger charge is -2.11. The number of halogens is 1. The molecule has 2 aromatic carbocycles. The van der Waals surface area contributed by atoms with E-state index in [2.05, 4.69) is 30.6 Å². The van der Waals surface area contributed by atoms with Gasteiger partial charge in [0.05, 0.1) is 11.9 Å². The largest absolute Gasteiger partial charge is 0.437 e. The molecule has 1 N–H and O–H groups in total. The average Bonchev–Trinajstić information content (AvgIpc) is 2.56. The molecule has 0 bridgehead atoms. The first-order valence-electron chi connectivity index (χ1n) is 6.86. The zero-order valence-corrected chi connectivity index (χ0v) is 14.7. The number of benzene rings is 2. The van der Waals surface area contributed by atoms with Crippen molar-refractivity contribution in [3.63, 3.8) is 0 Å². The van der Waals surface area contributed by atoms with Crippen molar-refractivity contribution >= 4 is 31.6 Å². The highest BCUT2D eigenvalue weighted by atomic mass is 79.9. The van der Waals surface area contributed by atoms with Crippen LogP contribution in [0.2, 0.25) is 0 Å². The summed E-state index contributed by atoms with van der Waals surface area (Å²) in [6, 6.07) is 13.2. The van der Waals surface area contributed by atoms with Crippen molar-refractivity contribution in [2.24, 2.45) is 0 Å². The van der Waals surface area contributed by atoms with Crippen molar-refractivity contribution in [3.8, 4) is 11.6 Å². The maximum absolute atomic E-state index is 12.5. The van der Waals surface area contributed by atoms with Crippen LogP contribution in [-0.4, -0.2) is 18.4 Å². The monoisotopic (exact) mass is 405 g/mol. The van der Waals surface area contributed by atoms with E-state index in [4.69, 9.17) is 4.74 Å². The smallest absolute Gasteiger partial charge is 0.263 e. The van der Waals surface area contributed by atoms with Gasteiger partial charge in [-0.1, -0.05) is 18.2 Å². The van der Waals surface area contributed by atoms with E-state index in [-0.39, 0.29) is 4.90 Å². The van der Waals surface area contributed by atoms with E-state index >= 15 is 0 Å². The zero-order valence-electron chi connectivity index (χ0n) is 12.3. The van der Waals surface area contributed by atoms with Crippen molar-refractivity contribution in [1.29, 1.82) is 0 Å². The number of anilines is 1. The normalized spacial score (nSPS) is 11.0. The Hall–Kier alpha value is -2.45. The molecule has 3 aromatic rings. The molecule has 6 nitrogen and oxygen atoms in total. The Morgan fingerprint density at radius 2 is 1.88 bits per heavy atom. The molecule has 0 aliphatic heterocycles. The molecule has 0 radical (unpaired) electrons. The third-order valence-electron chi connectivity index (χ3n) is 2.97. The minimum Gasteiger partial charge on any atom is -0.437 e. The van der Waals surface area contributed by atoms with Gasteiger partial charge in [0.2, 0.25) is 5.88 Å². The highest BCUT2D eigenvalue weighted by Gasteiger charge is 2.17. The van der Waals surface area contributed by atoms with E-state index in [1.165, 1.54) is 24.7 Å². The van der Waals surface area contributed by atoms with Crippen LogP contribution in [0.1, 0.15) is 0 Å². The number of sulfonamides is 1. The van der Waals surface area contributed by atoms with E-state index < -0.39 is 10.0 Å². The summed E-state index contributed by atoms with van der Waals surface area (Å²) < 4.78 is 33.5. The summed E-state index contributed by atoms with van der Waals surface area (Å²) >= 11 is 3.25. The molecule has 1 aromatic heterocycles. The van der Waals surface area contributed by atoms with Crippen molar-refractivity contribution < 1.29 is 13.2 Å². The number of rotatable bonds is 5. The molecular formula is C16H12BrN3O3S. The molecule has 0 aliphatic rings. The zero-order chi connectivity index (χ0) is 17.0. The summed E-state index contributed by atoms with van der Waals surface area (Å²) in [7, 11) is -3.71. The van der Waals surface area contributed by atoms with Crippen LogP contribution in [-0.2, 0) is 10.0 Å². The Morgan fingerprint density at radius 1 is 1.04 bits per heavy atom. The second-order valence-electron chi connectivity index (χ2n) is 4.71. The highest BCUT2D eigenvalue weighted by molar-refractivity contribution is 9.10. The molecule has 3 rings (SSSR count). The van der Waals surface area contributed by atoms with Gasteiger partial charge in [-0.2, -0.15) is 0 Å². The van der Waals surface area contributed by atoms with Gasteiger partial charge in [-0.15, -0.1) is 0 Å². The molecule has 0 atom stereocenters. The maximum atomic E-state index is 12.5. The van der Waals surface area contributed by atoms with Crippen LogP contribution in [0, 0.1) is 0 Å². The van der Waals surface area contributed by atoms with Gasteiger partial charge in [0.25, 0.3) is 10.0 Å². The molecular weight excluding hydrogens is 394 g/mol. The molecule has 8 heteroatoms. The quantitative estimate of drug-likeness (QED) is 0.697. The van der Waals surface area contributed by atoms with Crippen molar-refractivity contribution in [3.05, 3.63) is 71.6 Å². The fourth-order valence-electron chi connectivity index (χ4n) is 1.95. The molecule has 0 spiro atoms. The van der Waals surface area contributed by atoms with E-state index in [1.54, 1.807) is 42.5 Å². The SMILES string of the molecule is O=S(=O)(Nc1cccc(Oc2cnccn2)c1)c1ccccc1Br. The van der Waals surface area contributed by atoms with Crippen LogP contribution >= 0.6 is 15.9 Å². The summed E-state index contributed by atoms with van der Waals surface area (Å²) in [5, 5.41) is 0. The number of hydrogen-bond acceptors (Lipinski definition) is 5. The molecule has 0 unspecified atom stereocenters. The minimum atomic E-state index is -3.71. The van der Waals surface area contributed by atoms with Gasteiger partial charge < -0.3 is 4.74 Å². The molecule has 0 amide bonds. The minimum absolute atomic E-state index is 0.158. The van der Waals surface area contributed by atoms with Crippen molar-refractivity contribution in [2.75, 3.05) is 4.72 Å². The Morgan fingerprint density at radius 3 is 2.62 bits per heavy atom. The first-order chi connectivity index (χ1) is 11.5. The third kappa shape index (κ3) is 3.90. The van der Waals surface area contributed by atoms with E-state index in [0.29, 0.717) is 21.8 Å². The molecule has 0 fully saturated rings. The van der Waals surface area contributed by atoms with Gasteiger partial charge in [-0.05, 0) is 40.2 Å². The molecule has 0 saturated carbocycles. The number of ether oxygens (including phenoxy) is 1. The topological polar surface area (TPSA) is 81.2 Å². The summed E-state index contributed by atoms with van der Waals surface area (Å²) in [5.41, 5.74) is 0.382. The lowest BCUT2D eigenvalue weighted by molar-refractivity contribution is 0.460. The van der Waals surface area contributed by atoms with Gasteiger partial charge in [0.15, 0.2) is 0 Å². The first-order valence-corrected chi connectivity index (χ1v) is 9.13. The van der Waals surface area contributed by atoms with Crippen LogP contribution in [0.25, 0.3) is 0 Å². The number of nitrogens with one attached hydrogen (secondary N) is 1. The number of nitrogens with zero attached hydrogens (tertiary/aromatic N) is 2. The Kier molecular flexibility index (Phi) is 4.77. The van der Waals surface area contributed by atoms with E-state index in [9.17, 15) is 8.42 Å². The Balaban J connectivity index is 1.83. The fraction of sp³-hybridized carbons (Fsp3) is 0. The van der Waals surface area contributed by atoms with Crippen LogP contribution in [0.4, 0.5) is 5.69 Å². The van der Waals surface area contributed by atoms with Gasteiger partial charge in [-0.3, -0.25) is 9.71 Å². The fourth-order valence-corrected chi connectivity index (χ4v) is 4.01. The number of hydrogen-bond donors (Lipinski definition) is 1. The molecule has 122 valence electrons. The second kappa shape index (κ2) is 6.98. The average molecular weight is 406 g/mol. The van der Waals surface area contributed by atoms with Crippen LogP contribution < -0.4 is 9.46 Å². The molecule has 0 aliphatic carbocycles. The first kappa shape index (κ1) is 16.4. The van der Waals surface area contributed by atoms with Gasteiger partial charge in [0, 0.05) is 22.9 Å². The van der Waals surface area contributed by atoms with Crippen LogP contribution in [0.15, 0.2) is 76.5 Å². The summed E-state index contributed by atoms with van der Waals surface area (Å²) in [6.07, 6.45) is 4.52. The van der Waals surface area contributed by atoms with Crippen LogP contribution in [0.3, 0.4) is 0 Å². The lowest BCUT2D eigenvalue weighted by Crippen LogP contribution is -2.13. The highest BCUT2D eigenvalue weighted by Crippen LogP contribution is 2.26. The number of aromatic nitrogens is 2. The predicted octanol–water partition coefficient (Wildman–Crippen LogP) is 3.83. The Labute approximate surface area is 147 Å². The van der Waals surface area contributed by atoms with Gasteiger partial charge in [-0.25, -0.2) is 13.4 Å². The van der Waals surface area contributed by atoms with Crippen molar-refractivity contribution in [1.82, 2.24) is 9.97 Å². The summed E-state index contributed by atoms with van der Waals surface area (Å²) in [6.45, 7) is 0.